The van der Waals surface area contributed by atoms with E-state index in [9.17, 15) is 28.1 Å². The van der Waals surface area contributed by atoms with Gasteiger partial charge in [0.1, 0.15) is 0 Å². The van der Waals surface area contributed by atoms with Crippen LogP contribution in [0.15, 0.2) is 21.3 Å². The van der Waals surface area contributed by atoms with Gasteiger partial charge in [-0.1, -0.05) is 0 Å². The lowest BCUT2D eigenvalue weighted by Crippen LogP contribution is -2.45. The summed E-state index contributed by atoms with van der Waals surface area (Å²) in [7, 11) is 1.91. The molecule has 11 heteroatoms. The molecule has 0 N–H and O–H groups in total. The number of nitro benzene ring substituents is 1. The first-order valence-corrected chi connectivity index (χ1v) is 7.31. The summed E-state index contributed by atoms with van der Waals surface area (Å²) in [4.78, 5) is 29.7. The zero-order chi connectivity index (χ0) is 18.4. The lowest BCUT2D eigenvalue weighted by molar-refractivity contribution is -0.383. The molecule has 25 heavy (non-hydrogen) atoms. The lowest BCUT2D eigenvalue weighted by Gasteiger charge is -2.31. The summed E-state index contributed by atoms with van der Waals surface area (Å²) in [5.74, 6) is 0. The summed E-state index contributed by atoms with van der Waals surface area (Å²) in [6, 6.07) is 0.752. The molecule has 1 aromatic heterocycles. The number of halogens is 3. The predicted octanol–water partition coefficient (Wildman–Crippen LogP) is 1.87. The van der Waals surface area contributed by atoms with Crippen LogP contribution in [0.1, 0.15) is 5.56 Å². The number of likely N-dealkylation sites (N-methyl/N-ethyl adjacent to an activating group) is 1. The highest BCUT2D eigenvalue weighted by molar-refractivity contribution is 5.86. The van der Waals surface area contributed by atoms with Crippen molar-refractivity contribution < 1.29 is 22.5 Å². The van der Waals surface area contributed by atoms with Gasteiger partial charge in [0.2, 0.25) is 5.58 Å². The van der Waals surface area contributed by atoms with Crippen LogP contribution in [0, 0.1) is 10.1 Å². The molecule has 0 unspecified atom stereocenters. The molecule has 8 nitrogen and oxygen atoms in total. The van der Waals surface area contributed by atoms with Crippen LogP contribution in [0.25, 0.3) is 11.0 Å². The van der Waals surface area contributed by atoms with Crippen molar-refractivity contribution in [2.45, 2.75) is 6.18 Å². The molecule has 1 aliphatic heterocycles. The first-order valence-electron chi connectivity index (χ1n) is 7.31. The molecule has 0 bridgehead atoms. The molecule has 0 radical (unpaired) electrons. The molecule has 2 heterocycles. The second kappa shape index (κ2) is 5.99. The monoisotopic (exact) mass is 358 g/mol. The fourth-order valence-electron chi connectivity index (χ4n) is 2.57. The van der Waals surface area contributed by atoms with Crippen LogP contribution in [0.3, 0.4) is 0 Å². The van der Waals surface area contributed by atoms with Crippen LogP contribution in [-0.4, -0.2) is 48.0 Å². The smallest absolute Gasteiger partial charge is 0.416 e. The summed E-state index contributed by atoms with van der Waals surface area (Å²) < 4.78 is 44.1. The Labute approximate surface area is 138 Å². The molecule has 3 rings (SSSR count). The standard InChI is InChI=1S/C14H13F3N4O4/c1-19-2-4-20(5-3-19)13-18-12(22)9-6-8(14(15,16)17)7-10(21(23)24)11(9)25-13/h6-7H,2-5H2,1H3. The van der Waals surface area contributed by atoms with Crippen LogP contribution in [-0.2, 0) is 6.18 Å². The van der Waals surface area contributed by atoms with Gasteiger partial charge in [-0.2, -0.15) is 18.2 Å². The maximum Gasteiger partial charge on any atom is 0.416 e. The minimum Gasteiger partial charge on any atom is -0.417 e. The SMILES string of the molecule is CN1CCN(c2nc(=O)c3cc(C(F)(F)F)cc([N+](=O)[O-])c3o2)CC1. The summed E-state index contributed by atoms with van der Waals surface area (Å²) >= 11 is 0. The Bertz CT molecular complexity index is 888. The molecule has 0 saturated carbocycles. The summed E-state index contributed by atoms with van der Waals surface area (Å²) in [5, 5.41) is 10.6. The van der Waals surface area contributed by atoms with E-state index < -0.39 is 38.9 Å². The third kappa shape index (κ3) is 3.27. The molecule has 1 aliphatic rings. The highest BCUT2D eigenvalue weighted by Crippen LogP contribution is 2.36. The van der Waals surface area contributed by atoms with E-state index in [2.05, 4.69) is 4.98 Å². The van der Waals surface area contributed by atoms with Gasteiger partial charge in [0.15, 0.2) is 0 Å². The number of non-ortho nitro benzene ring substituents is 1. The second-order valence-electron chi connectivity index (χ2n) is 5.72. The van der Waals surface area contributed by atoms with E-state index in [0.717, 1.165) is 0 Å². The molecule has 0 amide bonds. The molecule has 0 atom stereocenters. The largest absolute Gasteiger partial charge is 0.417 e. The van der Waals surface area contributed by atoms with Gasteiger partial charge in [0.25, 0.3) is 5.56 Å². The average Bonchev–Trinajstić information content (AvgIpc) is 2.53. The topological polar surface area (TPSA) is 92.7 Å². The van der Waals surface area contributed by atoms with Gasteiger partial charge in [-0.25, -0.2) is 0 Å². The van der Waals surface area contributed by atoms with Crippen molar-refractivity contribution in [3.05, 3.63) is 38.2 Å². The van der Waals surface area contributed by atoms with Gasteiger partial charge in [0.05, 0.1) is 15.9 Å². The third-order valence-corrected chi connectivity index (χ3v) is 3.99. The van der Waals surface area contributed by atoms with Gasteiger partial charge in [-0.05, 0) is 13.1 Å². The van der Waals surface area contributed by atoms with Crippen molar-refractivity contribution >= 4 is 22.7 Å². The highest BCUT2D eigenvalue weighted by Gasteiger charge is 2.35. The molecule has 134 valence electrons. The van der Waals surface area contributed by atoms with E-state index in [1.54, 1.807) is 4.90 Å². The molecule has 2 aromatic rings. The molecule has 1 aromatic carbocycles. The number of benzene rings is 1. The number of nitro groups is 1. The van der Waals surface area contributed by atoms with Gasteiger partial charge in [-0.3, -0.25) is 14.9 Å². The Hall–Kier alpha value is -2.69. The molecule has 0 spiro atoms. The predicted molar refractivity (Wildman–Crippen MR) is 81.6 cm³/mol. The van der Waals surface area contributed by atoms with Crippen LogP contribution in [0.2, 0.25) is 0 Å². The zero-order valence-electron chi connectivity index (χ0n) is 13.0. The highest BCUT2D eigenvalue weighted by atomic mass is 19.4. The average molecular weight is 358 g/mol. The number of alkyl halides is 3. The van der Waals surface area contributed by atoms with E-state index in [0.29, 0.717) is 38.3 Å². The molecule has 0 aliphatic carbocycles. The minimum absolute atomic E-state index is 0.131. The Balaban J connectivity index is 2.18. The lowest BCUT2D eigenvalue weighted by atomic mass is 10.1. The molecular formula is C14H13F3N4O4. The number of anilines is 1. The normalized spacial score (nSPS) is 16.4. The van der Waals surface area contributed by atoms with E-state index in [1.807, 2.05) is 11.9 Å². The Morgan fingerprint density at radius 1 is 1.24 bits per heavy atom. The van der Waals surface area contributed by atoms with E-state index in [-0.39, 0.29) is 6.01 Å². The van der Waals surface area contributed by atoms with E-state index in [4.69, 9.17) is 4.42 Å². The van der Waals surface area contributed by atoms with Crippen LogP contribution in [0.4, 0.5) is 24.9 Å². The second-order valence-corrected chi connectivity index (χ2v) is 5.72. The number of fused-ring (bicyclic) bond motifs is 1. The number of hydrogen-bond acceptors (Lipinski definition) is 7. The summed E-state index contributed by atoms with van der Waals surface area (Å²) in [6.45, 7) is 2.29. The van der Waals surface area contributed by atoms with Gasteiger partial charge in [-0.15, -0.1) is 0 Å². The van der Waals surface area contributed by atoms with Crippen molar-refractivity contribution in [3.63, 3.8) is 0 Å². The van der Waals surface area contributed by atoms with Gasteiger partial charge in [0, 0.05) is 32.2 Å². The Morgan fingerprint density at radius 2 is 1.88 bits per heavy atom. The summed E-state index contributed by atoms with van der Waals surface area (Å²) in [6.07, 6.45) is -4.83. The third-order valence-electron chi connectivity index (χ3n) is 3.99. The van der Waals surface area contributed by atoms with Gasteiger partial charge >= 0.3 is 17.9 Å². The van der Waals surface area contributed by atoms with Crippen LogP contribution < -0.4 is 10.5 Å². The summed E-state index contributed by atoms with van der Waals surface area (Å²) in [5.41, 5.74) is -3.72. The first-order chi connectivity index (χ1) is 11.7. The zero-order valence-corrected chi connectivity index (χ0v) is 13.0. The van der Waals surface area contributed by atoms with Crippen LogP contribution in [0.5, 0.6) is 0 Å². The Kier molecular flexibility index (Phi) is 4.11. The van der Waals surface area contributed by atoms with E-state index in [1.165, 1.54) is 0 Å². The maximum absolute atomic E-state index is 12.9. The number of nitrogens with zero attached hydrogens (tertiary/aromatic N) is 4. The quantitative estimate of drug-likeness (QED) is 0.598. The number of hydrogen-bond donors (Lipinski definition) is 0. The number of rotatable bonds is 2. The van der Waals surface area contributed by atoms with Crippen molar-refractivity contribution in [3.8, 4) is 0 Å². The molecule has 1 fully saturated rings. The molecular weight excluding hydrogens is 345 g/mol. The fourth-order valence-corrected chi connectivity index (χ4v) is 2.57. The molecule has 1 saturated heterocycles. The van der Waals surface area contributed by atoms with Gasteiger partial charge < -0.3 is 14.2 Å². The number of aromatic nitrogens is 1. The van der Waals surface area contributed by atoms with E-state index >= 15 is 0 Å². The maximum atomic E-state index is 12.9. The van der Waals surface area contributed by atoms with Crippen LogP contribution >= 0.6 is 0 Å². The van der Waals surface area contributed by atoms with Crippen molar-refractivity contribution in [2.24, 2.45) is 0 Å². The van der Waals surface area contributed by atoms with Crippen molar-refractivity contribution in [2.75, 3.05) is 38.1 Å². The Morgan fingerprint density at radius 3 is 2.44 bits per heavy atom. The number of piperazine rings is 1. The minimum atomic E-state index is -4.83. The van der Waals surface area contributed by atoms with Crippen molar-refractivity contribution in [1.29, 1.82) is 0 Å². The fraction of sp³-hybridized carbons (Fsp3) is 0.429. The first kappa shape index (κ1) is 17.1. The van der Waals surface area contributed by atoms with Crippen molar-refractivity contribution in [1.82, 2.24) is 9.88 Å².